The first kappa shape index (κ1) is 13.7. The fraction of sp³-hybridized carbons (Fsp3) is 0.692. The molecule has 0 aromatic heterocycles. The van der Waals surface area contributed by atoms with Gasteiger partial charge in [0.1, 0.15) is 0 Å². The van der Waals surface area contributed by atoms with Crippen LogP contribution in [0, 0.1) is 5.92 Å². The third-order valence-corrected chi connectivity index (χ3v) is 3.26. The summed E-state index contributed by atoms with van der Waals surface area (Å²) in [6, 6.07) is 0. The van der Waals surface area contributed by atoms with E-state index < -0.39 is 5.97 Å². The van der Waals surface area contributed by atoms with E-state index >= 15 is 0 Å². The van der Waals surface area contributed by atoms with E-state index in [0.717, 1.165) is 25.9 Å². The first-order chi connectivity index (χ1) is 8.13. The number of likely N-dealkylation sites (tertiary alicyclic amines) is 1. The quantitative estimate of drug-likeness (QED) is 0.570. The lowest BCUT2D eigenvalue weighted by molar-refractivity contribution is -0.137. The molecule has 4 nitrogen and oxygen atoms in total. The van der Waals surface area contributed by atoms with Crippen molar-refractivity contribution in [2.75, 3.05) is 13.1 Å². The highest BCUT2D eigenvalue weighted by Crippen LogP contribution is 2.18. The van der Waals surface area contributed by atoms with Gasteiger partial charge >= 0.3 is 5.97 Å². The van der Waals surface area contributed by atoms with Crippen molar-refractivity contribution < 1.29 is 14.7 Å². The summed E-state index contributed by atoms with van der Waals surface area (Å²) in [5, 5.41) is 8.48. The molecule has 1 rings (SSSR count). The number of allylic oxidation sites excluding steroid dienone is 1. The number of piperidine rings is 1. The second-order valence-electron chi connectivity index (χ2n) is 4.55. The number of rotatable bonds is 6. The van der Waals surface area contributed by atoms with Crippen molar-refractivity contribution in [1.29, 1.82) is 0 Å². The summed E-state index contributed by atoms with van der Waals surface area (Å²) in [6.45, 7) is 5.40. The normalized spacial score (nSPS) is 16.8. The molecule has 1 aliphatic rings. The molecule has 0 aromatic rings. The number of hydrogen-bond acceptors (Lipinski definition) is 2. The average Bonchev–Trinajstić information content (AvgIpc) is 2.34. The van der Waals surface area contributed by atoms with E-state index in [9.17, 15) is 9.59 Å². The number of nitrogens with zero attached hydrogens (tertiary/aromatic N) is 1. The molecule has 0 unspecified atom stereocenters. The maximum Gasteiger partial charge on any atom is 0.303 e. The van der Waals surface area contributed by atoms with Gasteiger partial charge in [-0.25, -0.2) is 0 Å². The van der Waals surface area contributed by atoms with Crippen LogP contribution in [0.1, 0.15) is 38.5 Å². The fourth-order valence-electron chi connectivity index (χ4n) is 2.10. The molecule has 4 heteroatoms. The zero-order chi connectivity index (χ0) is 12.7. The fourth-order valence-corrected chi connectivity index (χ4v) is 2.10. The number of unbranched alkanes of at least 4 members (excludes halogenated alkanes) is 1. The minimum atomic E-state index is -0.788. The van der Waals surface area contributed by atoms with Crippen molar-refractivity contribution in [2.24, 2.45) is 5.92 Å². The van der Waals surface area contributed by atoms with Crippen LogP contribution in [0.5, 0.6) is 0 Å². The smallest absolute Gasteiger partial charge is 0.303 e. The van der Waals surface area contributed by atoms with Crippen LogP contribution in [0.4, 0.5) is 0 Å². The van der Waals surface area contributed by atoms with Crippen LogP contribution in [0.15, 0.2) is 12.7 Å². The first-order valence-electron chi connectivity index (χ1n) is 6.25. The van der Waals surface area contributed by atoms with Crippen LogP contribution in [-0.4, -0.2) is 35.0 Å². The Kier molecular flexibility index (Phi) is 5.73. The molecule has 17 heavy (non-hydrogen) atoms. The van der Waals surface area contributed by atoms with E-state index in [4.69, 9.17) is 5.11 Å². The monoisotopic (exact) mass is 239 g/mol. The molecule has 1 N–H and O–H groups in total. The Bertz CT molecular complexity index is 280. The van der Waals surface area contributed by atoms with Crippen LogP contribution in [-0.2, 0) is 9.59 Å². The molecule has 1 aliphatic heterocycles. The number of amides is 1. The second-order valence-corrected chi connectivity index (χ2v) is 4.55. The largest absolute Gasteiger partial charge is 0.481 e. The summed E-state index contributed by atoms with van der Waals surface area (Å²) in [5.41, 5.74) is 0. The average molecular weight is 239 g/mol. The van der Waals surface area contributed by atoms with E-state index in [1.807, 2.05) is 11.0 Å². The zero-order valence-electron chi connectivity index (χ0n) is 10.2. The lowest BCUT2D eigenvalue weighted by Gasteiger charge is -2.30. The Labute approximate surface area is 102 Å². The predicted octanol–water partition coefficient (Wildman–Crippen LogP) is 2.06. The summed E-state index contributed by atoms with van der Waals surface area (Å²) in [6.07, 6.45) is 5.87. The SMILES string of the molecule is C=CC1CCN(C(=O)CCCCC(=O)O)CC1. The van der Waals surface area contributed by atoms with Crippen LogP contribution in [0.2, 0.25) is 0 Å². The van der Waals surface area contributed by atoms with Gasteiger partial charge in [0, 0.05) is 25.9 Å². The van der Waals surface area contributed by atoms with Gasteiger partial charge in [0.2, 0.25) is 5.91 Å². The molecule has 0 radical (unpaired) electrons. The van der Waals surface area contributed by atoms with Gasteiger partial charge in [-0.05, 0) is 31.6 Å². The number of aliphatic carboxylic acids is 1. The molecule has 1 saturated heterocycles. The first-order valence-corrected chi connectivity index (χ1v) is 6.25. The van der Waals surface area contributed by atoms with Gasteiger partial charge in [-0.15, -0.1) is 6.58 Å². The molecule has 0 bridgehead atoms. The molecular weight excluding hydrogens is 218 g/mol. The molecule has 0 atom stereocenters. The molecule has 1 fully saturated rings. The third-order valence-electron chi connectivity index (χ3n) is 3.26. The Morgan fingerprint density at radius 1 is 1.24 bits per heavy atom. The maximum atomic E-state index is 11.8. The van der Waals surface area contributed by atoms with Crippen molar-refractivity contribution in [1.82, 2.24) is 4.90 Å². The van der Waals surface area contributed by atoms with Crippen LogP contribution in [0.25, 0.3) is 0 Å². The molecular formula is C13H21NO3. The van der Waals surface area contributed by atoms with Gasteiger partial charge in [0.15, 0.2) is 0 Å². The molecule has 0 aliphatic carbocycles. The number of carbonyl (C=O) groups excluding carboxylic acids is 1. The Hall–Kier alpha value is -1.32. The molecule has 0 spiro atoms. The number of hydrogen-bond donors (Lipinski definition) is 1. The number of carbonyl (C=O) groups is 2. The lowest BCUT2D eigenvalue weighted by atomic mass is 9.97. The Balaban J connectivity index is 2.16. The van der Waals surface area contributed by atoms with Crippen molar-refractivity contribution in [2.45, 2.75) is 38.5 Å². The predicted molar refractivity (Wildman–Crippen MR) is 65.6 cm³/mol. The Morgan fingerprint density at radius 2 is 1.82 bits per heavy atom. The van der Waals surface area contributed by atoms with Crippen LogP contribution < -0.4 is 0 Å². The third kappa shape index (κ3) is 5.02. The van der Waals surface area contributed by atoms with Crippen molar-refractivity contribution >= 4 is 11.9 Å². The van der Waals surface area contributed by atoms with Gasteiger partial charge in [0.05, 0.1) is 0 Å². The highest BCUT2D eigenvalue weighted by atomic mass is 16.4. The van der Waals surface area contributed by atoms with Gasteiger partial charge < -0.3 is 10.0 Å². The van der Waals surface area contributed by atoms with E-state index in [1.54, 1.807) is 0 Å². The van der Waals surface area contributed by atoms with Crippen molar-refractivity contribution in [3.8, 4) is 0 Å². The number of carboxylic acids is 1. The highest BCUT2D eigenvalue weighted by Gasteiger charge is 2.20. The lowest BCUT2D eigenvalue weighted by Crippen LogP contribution is -2.37. The summed E-state index contributed by atoms with van der Waals surface area (Å²) in [4.78, 5) is 24.0. The van der Waals surface area contributed by atoms with Gasteiger partial charge in [-0.3, -0.25) is 9.59 Å². The van der Waals surface area contributed by atoms with Gasteiger partial charge in [-0.2, -0.15) is 0 Å². The van der Waals surface area contributed by atoms with Crippen molar-refractivity contribution in [3.63, 3.8) is 0 Å². The highest BCUT2D eigenvalue weighted by molar-refractivity contribution is 5.76. The minimum absolute atomic E-state index is 0.159. The van der Waals surface area contributed by atoms with E-state index in [2.05, 4.69) is 6.58 Å². The molecule has 1 heterocycles. The van der Waals surface area contributed by atoms with Crippen molar-refractivity contribution in [3.05, 3.63) is 12.7 Å². The molecule has 1 amide bonds. The maximum absolute atomic E-state index is 11.8. The van der Waals surface area contributed by atoms with Gasteiger partial charge in [0.25, 0.3) is 0 Å². The minimum Gasteiger partial charge on any atom is -0.481 e. The van der Waals surface area contributed by atoms with Crippen LogP contribution in [0.3, 0.4) is 0 Å². The molecule has 96 valence electrons. The standard InChI is InChI=1S/C13H21NO3/c1-2-11-7-9-14(10-8-11)12(15)5-3-4-6-13(16)17/h2,11H,1,3-10H2,(H,16,17). The van der Waals surface area contributed by atoms with E-state index in [0.29, 0.717) is 25.2 Å². The number of carboxylic acid groups (broad SMARTS) is 1. The summed E-state index contributed by atoms with van der Waals surface area (Å²) < 4.78 is 0. The van der Waals surface area contributed by atoms with Crippen LogP contribution >= 0.6 is 0 Å². The summed E-state index contributed by atoms with van der Waals surface area (Å²) >= 11 is 0. The zero-order valence-corrected chi connectivity index (χ0v) is 10.2. The van der Waals surface area contributed by atoms with E-state index in [1.165, 1.54) is 0 Å². The molecule has 0 saturated carbocycles. The topological polar surface area (TPSA) is 57.6 Å². The van der Waals surface area contributed by atoms with E-state index in [-0.39, 0.29) is 12.3 Å². The molecule has 0 aromatic carbocycles. The summed E-state index contributed by atoms with van der Waals surface area (Å²) in [7, 11) is 0. The summed E-state index contributed by atoms with van der Waals surface area (Å²) in [5.74, 6) is -0.0757. The Morgan fingerprint density at radius 3 is 2.35 bits per heavy atom. The second kappa shape index (κ2) is 7.09. The van der Waals surface area contributed by atoms with Gasteiger partial charge in [-0.1, -0.05) is 6.08 Å².